The summed E-state index contributed by atoms with van der Waals surface area (Å²) in [6.45, 7) is 0.716. The molecule has 4 rings (SSSR count). The van der Waals surface area contributed by atoms with E-state index < -0.39 is 0 Å². The van der Waals surface area contributed by atoms with Gasteiger partial charge in [0.05, 0.1) is 6.54 Å². The van der Waals surface area contributed by atoms with Crippen LogP contribution in [-0.4, -0.2) is 28.7 Å². The maximum absolute atomic E-state index is 12.9. The standard InChI is InChI=1S/C17H17NO2S2/c19-17(15-11-22-16-6-2-1-5-14(16)20-15)18(12-7-8-12)10-13-4-3-9-21-13/h1-6,9,12,15H,7-8,10-11H2/t15-/m1/s1. The second-order valence-corrected chi connectivity index (χ2v) is 7.73. The highest BCUT2D eigenvalue weighted by molar-refractivity contribution is 7.99. The van der Waals surface area contributed by atoms with Gasteiger partial charge in [-0.05, 0) is 36.4 Å². The average molecular weight is 331 g/mol. The van der Waals surface area contributed by atoms with Crippen LogP contribution in [0, 0.1) is 0 Å². The SMILES string of the molecule is O=C([C@H]1CSc2ccccc2O1)N(Cc1cccs1)C1CC1. The van der Waals surface area contributed by atoms with Crippen LogP contribution in [0.1, 0.15) is 17.7 Å². The minimum absolute atomic E-state index is 0.137. The second kappa shape index (κ2) is 5.97. The number of amides is 1. The Labute approximate surface area is 138 Å². The molecule has 1 atom stereocenters. The number of thiophene rings is 1. The maximum Gasteiger partial charge on any atom is 0.265 e. The van der Waals surface area contributed by atoms with Crippen molar-refractivity contribution in [3.8, 4) is 5.75 Å². The van der Waals surface area contributed by atoms with E-state index in [-0.39, 0.29) is 12.0 Å². The second-order valence-electron chi connectivity index (χ2n) is 5.64. The summed E-state index contributed by atoms with van der Waals surface area (Å²) < 4.78 is 5.96. The molecule has 2 aromatic rings. The molecule has 2 heterocycles. The fourth-order valence-electron chi connectivity index (χ4n) is 2.67. The molecule has 0 saturated heterocycles. The number of carbonyl (C=O) groups is 1. The van der Waals surface area contributed by atoms with Crippen molar-refractivity contribution in [2.45, 2.75) is 36.4 Å². The lowest BCUT2D eigenvalue weighted by Gasteiger charge is -2.30. The number of hydrogen-bond donors (Lipinski definition) is 0. The number of hydrogen-bond acceptors (Lipinski definition) is 4. The van der Waals surface area contributed by atoms with Gasteiger partial charge < -0.3 is 9.64 Å². The summed E-state index contributed by atoms with van der Waals surface area (Å²) in [5.74, 6) is 1.67. The molecule has 114 valence electrons. The molecule has 1 aromatic carbocycles. The van der Waals surface area contributed by atoms with Gasteiger partial charge in [0.1, 0.15) is 5.75 Å². The number of thioether (sulfide) groups is 1. The minimum Gasteiger partial charge on any atom is -0.479 e. The highest BCUT2D eigenvalue weighted by Gasteiger charge is 2.38. The largest absolute Gasteiger partial charge is 0.479 e. The smallest absolute Gasteiger partial charge is 0.265 e. The number of para-hydroxylation sites is 1. The Hall–Kier alpha value is -1.46. The first-order chi connectivity index (χ1) is 10.8. The van der Waals surface area contributed by atoms with Gasteiger partial charge in [0.2, 0.25) is 0 Å². The third-order valence-electron chi connectivity index (χ3n) is 3.96. The number of rotatable bonds is 4. The minimum atomic E-state index is -0.361. The monoisotopic (exact) mass is 331 g/mol. The van der Waals surface area contributed by atoms with Crippen LogP contribution in [0.4, 0.5) is 0 Å². The Morgan fingerprint density at radius 2 is 2.09 bits per heavy atom. The Bertz CT molecular complexity index is 667. The van der Waals surface area contributed by atoms with Gasteiger partial charge >= 0.3 is 0 Å². The van der Waals surface area contributed by atoms with Gasteiger partial charge in [0, 0.05) is 21.6 Å². The quantitative estimate of drug-likeness (QED) is 0.853. The van der Waals surface area contributed by atoms with Crippen LogP contribution in [0.3, 0.4) is 0 Å². The Kier molecular flexibility index (Phi) is 3.84. The average Bonchev–Trinajstić information content (AvgIpc) is 3.27. The summed E-state index contributed by atoms with van der Waals surface area (Å²) in [7, 11) is 0. The van der Waals surface area contributed by atoms with Gasteiger partial charge in [0.15, 0.2) is 6.10 Å². The highest BCUT2D eigenvalue weighted by Crippen LogP contribution is 2.37. The molecule has 1 amide bonds. The molecule has 0 unspecified atom stereocenters. The number of carbonyl (C=O) groups excluding carboxylic acids is 1. The summed E-state index contributed by atoms with van der Waals surface area (Å²) in [6, 6.07) is 12.5. The van der Waals surface area contributed by atoms with E-state index in [1.54, 1.807) is 23.1 Å². The van der Waals surface area contributed by atoms with Crippen LogP contribution in [-0.2, 0) is 11.3 Å². The first kappa shape index (κ1) is 14.2. The number of nitrogens with zero attached hydrogens (tertiary/aromatic N) is 1. The van der Waals surface area contributed by atoms with Crippen LogP contribution in [0.15, 0.2) is 46.7 Å². The van der Waals surface area contributed by atoms with Crippen molar-refractivity contribution in [1.29, 1.82) is 0 Å². The topological polar surface area (TPSA) is 29.5 Å². The van der Waals surface area contributed by atoms with Crippen molar-refractivity contribution in [2.75, 3.05) is 5.75 Å². The lowest BCUT2D eigenvalue weighted by Crippen LogP contribution is -2.44. The van der Waals surface area contributed by atoms with E-state index in [1.165, 1.54) is 4.88 Å². The normalized spacial score (nSPS) is 20.1. The van der Waals surface area contributed by atoms with Crippen LogP contribution in [0.25, 0.3) is 0 Å². The van der Waals surface area contributed by atoms with Crippen LogP contribution in [0.2, 0.25) is 0 Å². The van der Waals surface area contributed by atoms with Crippen molar-refractivity contribution in [1.82, 2.24) is 4.90 Å². The van der Waals surface area contributed by atoms with E-state index in [1.807, 2.05) is 35.2 Å². The van der Waals surface area contributed by atoms with Crippen LogP contribution in [0.5, 0.6) is 5.75 Å². The molecule has 5 heteroatoms. The van der Waals surface area contributed by atoms with Gasteiger partial charge in [-0.15, -0.1) is 23.1 Å². The lowest BCUT2D eigenvalue weighted by atomic mass is 10.2. The zero-order valence-electron chi connectivity index (χ0n) is 12.1. The van der Waals surface area contributed by atoms with Crippen LogP contribution < -0.4 is 4.74 Å². The van der Waals surface area contributed by atoms with E-state index in [4.69, 9.17) is 4.74 Å². The fourth-order valence-corrected chi connectivity index (χ4v) is 4.35. The fraction of sp³-hybridized carbons (Fsp3) is 0.353. The number of fused-ring (bicyclic) bond motifs is 1. The van der Waals surface area contributed by atoms with Crippen molar-refractivity contribution < 1.29 is 9.53 Å². The zero-order valence-corrected chi connectivity index (χ0v) is 13.7. The molecule has 0 N–H and O–H groups in total. The summed E-state index contributed by atoms with van der Waals surface area (Å²) in [6.07, 6.45) is 1.88. The Balaban J connectivity index is 1.50. The molecule has 1 aliphatic carbocycles. The maximum atomic E-state index is 12.9. The molecular weight excluding hydrogens is 314 g/mol. The molecule has 0 bridgehead atoms. The molecular formula is C17H17NO2S2. The van der Waals surface area contributed by atoms with Gasteiger partial charge in [0.25, 0.3) is 5.91 Å². The number of ether oxygens (including phenoxy) is 1. The molecule has 1 aromatic heterocycles. The molecule has 0 spiro atoms. The van der Waals surface area contributed by atoms with E-state index in [0.29, 0.717) is 18.3 Å². The van der Waals surface area contributed by atoms with Crippen molar-refractivity contribution in [2.24, 2.45) is 0 Å². The zero-order chi connectivity index (χ0) is 14.9. The Morgan fingerprint density at radius 1 is 1.23 bits per heavy atom. The van der Waals surface area contributed by atoms with Gasteiger partial charge in [-0.1, -0.05) is 18.2 Å². The summed E-state index contributed by atoms with van der Waals surface area (Å²) in [5.41, 5.74) is 0. The third kappa shape index (κ3) is 2.88. The van der Waals surface area contributed by atoms with Gasteiger partial charge in [-0.25, -0.2) is 0 Å². The molecule has 1 fully saturated rings. The highest BCUT2D eigenvalue weighted by atomic mass is 32.2. The molecule has 1 saturated carbocycles. The summed E-state index contributed by atoms with van der Waals surface area (Å²) >= 11 is 3.42. The van der Waals surface area contributed by atoms with Crippen LogP contribution >= 0.6 is 23.1 Å². The van der Waals surface area contributed by atoms with Gasteiger partial charge in [-0.2, -0.15) is 0 Å². The predicted molar refractivity (Wildman–Crippen MR) is 89.5 cm³/mol. The summed E-state index contributed by atoms with van der Waals surface area (Å²) in [4.78, 5) is 17.3. The van der Waals surface area contributed by atoms with E-state index in [9.17, 15) is 4.79 Å². The van der Waals surface area contributed by atoms with Crippen molar-refractivity contribution in [3.63, 3.8) is 0 Å². The molecule has 22 heavy (non-hydrogen) atoms. The van der Waals surface area contributed by atoms with Crippen molar-refractivity contribution >= 4 is 29.0 Å². The molecule has 3 nitrogen and oxygen atoms in total. The molecule has 0 radical (unpaired) electrons. The van der Waals surface area contributed by atoms with E-state index in [2.05, 4.69) is 11.4 Å². The third-order valence-corrected chi connectivity index (χ3v) is 5.94. The Morgan fingerprint density at radius 3 is 2.86 bits per heavy atom. The predicted octanol–water partition coefficient (Wildman–Crippen LogP) is 3.79. The first-order valence-electron chi connectivity index (χ1n) is 7.52. The molecule has 1 aliphatic heterocycles. The van der Waals surface area contributed by atoms with Crippen molar-refractivity contribution in [3.05, 3.63) is 46.7 Å². The number of benzene rings is 1. The molecule has 2 aliphatic rings. The first-order valence-corrected chi connectivity index (χ1v) is 9.39. The van der Waals surface area contributed by atoms with Gasteiger partial charge in [-0.3, -0.25) is 4.79 Å². The lowest BCUT2D eigenvalue weighted by molar-refractivity contribution is -0.139. The van der Waals surface area contributed by atoms with E-state index in [0.717, 1.165) is 23.5 Å². The summed E-state index contributed by atoms with van der Waals surface area (Å²) in [5, 5.41) is 2.06. The van der Waals surface area contributed by atoms with E-state index >= 15 is 0 Å².